The molecule has 164 valence electrons. The molecule has 1 atom stereocenters. The zero-order valence-electron chi connectivity index (χ0n) is 15.9. The maximum Gasteiger partial charge on any atom is 0.416 e. The minimum atomic E-state index is -4.75. The first-order chi connectivity index (χ1) is 15.2. The molecule has 32 heavy (non-hydrogen) atoms. The Morgan fingerprint density at radius 3 is 2.31 bits per heavy atom. The lowest BCUT2D eigenvalue weighted by atomic mass is 9.94. The molecule has 4 nitrogen and oxygen atoms in total. The summed E-state index contributed by atoms with van der Waals surface area (Å²) >= 11 is 5.79. The molecule has 0 fully saturated rings. The highest BCUT2D eigenvalue weighted by molar-refractivity contribution is 6.30. The van der Waals surface area contributed by atoms with E-state index in [4.69, 9.17) is 16.1 Å². The van der Waals surface area contributed by atoms with Crippen molar-refractivity contribution in [3.05, 3.63) is 94.3 Å². The van der Waals surface area contributed by atoms with Crippen molar-refractivity contribution in [3.63, 3.8) is 0 Å². The summed E-state index contributed by atoms with van der Waals surface area (Å²) in [6.07, 6.45) is -3.47. The number of alkyl halides is 3. The van der Waals surface area contributed by atoms with Gasteiger partial charge in [0.15, 0.2) is 5.76 Å². The summed E-state index contributed by atoms with van der Waals surface area (Å²) in [5.74, 6) is -2.39. The first kappa shape index (κ1) is 21.9. The number of halogens is 6. The Hall–Kier alpha value is -3.30. The first-order valence-corrected chi connectivity index (χ1v) is 9.44. The van der Waals surface area contributed by atoms with Crippen LogP contribution in [0.25, 0.3) is 22.6 Å². The van der Waals surface area contributed by atoms with Crippen LogP contribution >= 0.6 is 11.6 Å². The largest absolute Gasteiger partial charge is 0.416 e. The zero-order chi connectivity index (χ0) is 23.0. The number of aliphatic hydroxyl groups excluding tert-OH is 1. The first-order valence-electron chi connectivity index (χ1n) is 9.07. The van der Waals surface area contributed by atoms with Gasteiger partial charge in [0.1, 0.15) is 23.4 Å². The van der Waals surface area contributed by atoms with Gasteiger partial charge in [0.25, 0.3) is 0 Å². The van der Waals surface area contributed by atoms with E-state index < -0.39 is 29.5 Å². The normalized spacial score (nSPS) is 12.7. The summed E-state index contributed by atoms with van der Waals surface area (Å²) in [5, 5.41) is 14.9. The van der Waals surface area contributed by atoms with Crippen LogP contribution in [-0.2, 0) is 6.18 Å². The molecule has 2 heterocycles. The Morgan fingerprint density at radius 1 is 0.969 bits per heavy atom. The molecule has 0 aliphatic rings. The van der Waals surface area contributed by atoms with Crippen molar-refractivity contribution in [2.45, 2.75) is 12.3 Å². The van der Waals surface area contributed by atoms with Crippen molar-refractivity contribution < 1.29 is 31.6 Å². The zero-order valence-corrected chi connectivity index (χ0v) is 16.6. The van der Waals surface area contributed by atoms with E-state index in [9.17, 15) is 27.1 Å². The van der Waals surface area contributed by atoms with Crippen LogP contribution in [0.1, 0.15) is 22.8 Å². The van der Waals surface area contributed by atoms with Crippen molar-refractivity contribution in [1.29, 1.82) is 0 Å². The lowest BCUT2D eigenvalue weighted by Crippen LogP contribution is -2.06. The predicted molar refractivity (Wildman–Crippen MR) is 106 cm³/mol. The summed E-state index contributed by atoms with van der Waals surface area (Å²) in [7, 11) is 0. The Labute approximate surface area is 182 Å². The van der Waals surface area contributed by atoms with Gasteiger partial charge >= 0.3 is 6.18 Å². The Kier molecular flexibility index (Phi) is 5.70. The standard InChI is InChI=1S/C22H12ClF5N2O2/c23-13-4-6-14(17(25)9-13)19-18(20(31)11-2-1-7-29-10-11)21(32-30-19)15-5-3-12(8-16(15)24)22(26,27)28/h1-10,20,31H. The van der Waals surface area contributed by atoms with Gasteiger partial charge in [-0.2, -0.15) is 13.2 Å². The van der Waals surface area contributed by atoms with Crippen molar-refractivity contribution in [3.8, 4) is 22.6 Å². The molecule has 0 spiro atoms. The monoisotopic (exact) mass is 466 g/mol. The van der Waals surface area contributed by atoms with E-state index in [0.29, 0.717) is 12.1 Å². The van der Waals surface area contributed by atoms with Gasteiger partial charge in [0, 0.05) is 28.5 Å². The maximum absolute atomic E-state index is 14.7. The molecule has 2 aromatic carbocycles. The van der Waals surface area contributed by atoms with E-state index in [1.54, 1.807) is 0 Å². The number of aliphatic hydroxyl groups is 1. The second-order valence-corrected chi connectivity index (χ2v) is 7.22. The van der Waals surface area contributed by atoms with E-state index in [1.807, 2.05) is 0 Å². The molecule has 0 amide bonds. The third kappa shape index (κ3) is 4.09. The molecule has 0 radical (unpaired) electrons. The summed E-state index contributed by atoms with van der Waals surface area (Å²) in [6.45, 7) is 0. The molecule has 1 N–H and O–H groups in total. The highest BCUT2D eigenvalue weighted by Crippen LogP contribution is 2.41. The minimum absolute atomic E-state index is 0.102. The van der Waals surface area contributed by atoms with Gasteiger partial charge in [-0.1, -0.05) is 22.8 Å². The lowest BCUT2D eigenvalue weighted by molar-refractivity contribution is -0.137. The number of hydrogen-bond acceptors (Lipinski definition) is 4. The number of hydrogen-bond donors (Lipinski definition) is 1. The van der Waals surface area contributed by atoms with Crippen LogP contribution in [0.4, 0.5) is 22.0 Å². The molecule has 0 bridgehead atoms. The van der Waals surface area contributed by atoms with Crippen molar-refractivity contribution in [2.24, 2.45) is 0 Å². The lowest BCUT2D eigenvalue weighted by Gasteiger charge is -2.14. The van der Waals surface area contributed by atoms with E-state index in [0.717, 1.165) is 12.1 Å². The third-order valence-electron chi connectivity index (χ3n) is 4.73. The van der Waals surface area contributed by atoms with Crippen LogP contribution in [0, 0.1) is 11.6 Å². The second-order valence-electron chi connectivity index (χ2n) is 6.78. The molecule has 4 rings (SSSR count). The van der Waals surface area contributed by atoms with Gasteiger partial charge in [-0.25, -0.2) is 8.78 Å². The van der Waals surface area contributed by atoms with Crippen LogP contribution in [0.15, 0.2) is 65.4 Å². The highest BCUT2D eigenvalue weighted by Gasteiger charge is 2.33. The van der Waals surface area contributed by atoms with Gasteiger partial charge in [-0.05, 0) is 42.5 Å². The molecule has 0 saturated carbocycles. The average molecular weight is 467 g/mol. The van der Waals surface area contributed by atoms with Crippen LogP contribution in [0.2, 0.25) is 5.02 Å². The molecule has 10 heteroatoms. The van der Waals surface area contributed by atoms with Crippen molar-refractivity contribution in [1.82, 2.24) is 10.1 Å². The maximum atomic E-state index is 14.7. The molecule has 2 aromatic heterocycles. The Bertz CT molecular complexity index is 1280. The van der Waals surface area contributed by atoms with E-state index in [2.05, 4.69) is 10.1 Å². The summed E-state index contributed by atoms with van der Waals surface area (Å²) < 4.78 is 73.3. The molecular weight excluding hydrogens is 455 g/mol. The van der Waals surface area contributed by atoms with E-state index in [1.165, 1.54) is 36.7 Å². The van der Waals surface area contributed by atoms with Crippen LogP contribution in [-0.4, -0.2) is 15.2 Å². The van der Waals surface area contributed by atoms with Gasteiger partial charge in [0.2, 0.25) is 0 Å². The number of nitrogens with zero attached hydrogens (tertiary/aromatic N) is 2. The molecule has 0 aliphatic carbocycles. The summed E-state index contributed by atoms with van der Waals surface area (Å²) in [4.78, 5) is 3.90. The molecule has 4 aromatic rings. The van der Waals surface area contributed by atoms with E-state index >= 15 is 0 Å². The smallest absolute Gasteiger partial charge is 0.383 e. The Morgan fingerprint density at radius 2 is 1.69 bits per heavy atom. The fourth-order valence-corrected chi connectivity index (χ4v) is 3.36. The summed E-state index contributed by atoms with van der Waals surface area (Å²) in [6, 6.07) is 8.58. The molecular formula is C22H12ClF5N2O2. The Balaban J connectivity index is 1.93. The quantitative estimate of drug-likeness (QED) is 0.352. The fraction of sp³-hybridized carbons (Fsp3) is 0.0909. The van der Waals surface area contributed by atoms with Gasteiger partial charge in [-0.3, -0.25) is 4.98 Å². The molecule has 0 aliphatic heterocycles. The van der Waals surface area contributed by atoms with Crippen LogP contribution in [0.5, 0.6) is 0 Å². The molecule has 0 saturated heterocycles. The predicted octanol–water partition coefficient (Wildman–Crippen LogP) is 6.44. The second kappa shape index (κ2) is 8.33. The van der Waals surface area contributed by atoms with Gasteiger partial charge in [-0.15, -0.1) is 0 Å². The number of rotatable bonds is 4. The summed E-state index contributed by atoms with van der Waals surface area (Å²) in [5.41, 5.74) is -1.74. The number of benzene rings is 2. The number of pyridine rings is 1. The highest BCUT2D eigenvalue weighted by atomic mass is 35.5. The van der Waals surface area contributed by atoms with Crippen LogP contribution in [0.3, 0.4) is 0 Å². The fourth-order valence-electron chi connectivity index (χ4n) is 3.20. The molecule has 1 unspecified atom stereocenters. The average Bonchev–Trinajstić information content (AvgIpc) is 3.17. The third-order valence-corrected chi connectivity index (χ3v) is 4.96. The van der Waals surface area contributed by atoms with Gasteiger partial charge in [0.05, 0.1) is 16.7 Å². The van der Waals surface area contributed by atoms with Crippen LogP contribution < -0.4 is 0 Å². The van der Waals surface area contributed by atoms with Crippen molar-refractivity contribution >= 4 is 11.6 Å². The topological polar surface area (TPSA) is 59.2 Å². The van der Waals surface area contributed by atoms with Crippen molar-refractivity contribution in [2.75, 3.05) is 0 Å². The number of aromatic nitrogens is 2. The minimum Gasteiger partial charge on any atom is -0.383 e. The van der Waals surface area contributed by atoms with Gasteiger partial charge < -0.3 is 9.63 Å². The van der Waals surface area contributed by atoms with E-state index in [-0.39, 0.29) is 38.7 Å². The SMILES string of the molecule is OC(c1cccnc1)c1c(-c2ccc(Cl)cc2F)noc1-c1ccc(C(F)(F)F)cc1F.